The summed E-state index contributed by atoms with van der Waals surface area (Å²) in [6.07, 6.45) is 1.11. The molecule has 2 heterocycles. The van der Waals surface area contributed by atoms with Gasteiger partial charge in [0.25, 0.3) is 5.69 Å². The van der Waals surface area contributed by atoms with Crippen LogP contribution in [-0.4, -0.2) is 57.3 Å². The van der Waals surface area contributed by atoms with Gasteiger partial charge in [0.15, 0.2) is 0 Å². The Morgan fingerprint density at radius 3 is 2.56 bits per heavy atom. The van der Waals surface area contributed by atoms with Gasteiger partial charge in [0.1, 0.15) is 11.5 Å². The van der Waals surface area contributed by atoms with Crippen LogP contribution in [0.3, 0.4) is 0 Å². The Balaban J connectivity index is 1.39. The molecule has 2 aliphatic heterocycles. The van der Waals surface area contributed by atoms with Crippen LogP contribution in [0.5, 0.6) is 11.5 Å². The standard InChI is InChI=1S/C29H31ClN4O5/c1-38-23-7-3-19(4-8-23)11-12-31-29(35)24-16-20-15-22(34(36)37)6-9-25(20)33-14-13-32(18-27(24)33)26-17-21(30)5-10-28(26)39-2/h3-10,15,17,24,27H,11-14,16,18H2,1-2H3,(H,31,35). The number of piperazine rings is 1. The third kappa shape index (κ3) is 5.59. The van der Waals surface area contributed by atoms with Gasteiger partial charge < -0.3 is 24.6 Å². The number of nitrogens with one attached hydrogen (secondary N) is 1. The number of ether oxygens (including phenoxy) is 2. The maximum atomic E-state index is 13.6. The number of non-ortho nitro benzene ring substituents is 1. The molecule has 204 valence electrons. The smallest absolute Gasteiger partial charge is 0.269 e. The number of carbonyl (C=O) groups excluding carboxylic acids is 1. The van der Waals surface area contributed by atoms with E-state index >= 15 is 0 Å². The van der Waals surface area contributed by atoms with Gasteiger partial charge in [-0.05, 0) is 60.4 Å². The summed E-state index contributed by atoms with van der Waals surface area (Å²) in [6, 6.07) is 18.1. The van der Waals surface area contributed by atoms with E-state index in [0.717, 1.165) is 34.0 Å². The molecule has 0 aromatic heterocycles. The number of amides is 1. The van der Waals surface area contributed by atoms with Crippen LogP contribution >= 0.6 is 11.6 Å². The lowest BCUT2D eigenvalue weighted by Crippen LogP contribution is -2.61. The number of methoxy groups -OCH3 is 2. The Kier molecular flexibility index (Phi) is 7.79. The molecule has 1 N–H and O–H groups in total. The minimum atomic E-state index is -0.389. The predicted octanol–water partition coefficient (Wildman–Crippen LogP) is 4.49. The first kappa shape index (κ1) is 26.6. The molecule has 2 atom stereocenters. The number of hydrogen-bond acceptors (Lipinski definition) is 7. The number of nitro benzene ring substituents is 1. The molecule has 0 bridgehead atoms. The second kappa shape index (κ2) is 11.4. The van der Waals surface area contributed by atoms with E-state index in [1.807, 2.05) is 42.5 Å². The number of benzene rings is 3. The minimum Gasteiger partial charge on any atom is -0.497 e. The number of carbonyl (C=O) groups is 1. The first-order valence-electron chi connectivity index (χ1n) is 12.9. The summed E-state index contributed by atoms with van der Waals surface area (Å²) in [5, 5.41) is 15.2. The zero-order valence-corrected chi connectivity index (χ0v) is 22.7. The molecule has 9 nitrogen and oxygen atoms in total. The first-order valence-corrected chi connectivity index (χ1v) is 13.3. The Morgan fingerprint density at radius 1 is 1.05 bits per heavy atom. The summed E-state index contributed by atoms with van der Waals surface area (Å²) in [5.41, 5.74) is 3.79. The molecule has 0 saturated carbocycles. The lowest BCUT2D eigenvalue weighted by atomic mass is 9.83. The van der Waals surface area contributed by atoms with Gasteiger partial charge in [-0.25, -0.2) is 0 Å². The van der Waals surface area contributed by atoms with Crippen molar-refractivity contribution in [1.82, 2.24) is 5.32 Å². The normalized spacial score (nSPS) is 18.1. The Morgan fingerprint density at radius 2 is 1.85 bits per heavy atom. The van der Waals surface area contributed by atoms with Gasteiger partial charge in [-0.1, -0.05) is 23.7 Å². The first-order chi connectivity index (χ1) is 18.9. The molecule has 3 aromatic rings. The average molecular weight is 551 g/mol. The highest BCUT2D eigenvalue weighted by atomic mass is 35.5. The summed E-state index contributed by atoms with van der Waals surface area (Å²) in [7, 11) is 3.26. The minimum absolute atomic E-state index is 0.0353. The van der Waals surface area contributed by atoms with Gasteiger partial charge in [-0.15, -0.1) is 0 Å². The van der Waals surface area contributed by atoms with Gasteiger partial charge >= 0.3 is 0 Å². The third-order valence-corrected chi connectivity index (χ3v) is 7.83. The molecule has 0 spiro atoms. The summed E-state index contributed by atoms with van der Waals surface area (Å²) >= 11 is 6.32. The zero-order chi connectivity index (χ0) is 27.5. The molecule has 39 heavy (non-hydrogen) atoms. The van der Waals surface area contributed by atoms with Gasteiger partial charge in [-0.3, -0.25) is 14.9 Å². The van der Waals surface area contributed by atoms with Crippen molar-refractivity contribution in [2.75, 3.05) is 50.2 Å². The molecule has 2 aliphatic rings. The van der Waals surface area contributed by atoms with Crippen molar-refractivity contribution in [3.8, 4) is 11.5 Å². The van der Waals surface area contributed by atoms with Crippen LogP contribution in [0.1, 0.15) is 11.1 Å². The molecule has 0 aliphatic carbocycles. The van der Waals surface area contributed by atoms with Crippen molar-refractivity contribution in [1.29, 1.82) is 0 Å². The summed E-state index contributed by atoms with van der Waals surface area (Å²) < 4.78 is 10.8. The van der Waals surface area contributed by atoms with Gasteiger partial charge in [-0.2, -0.15) is 0 Å². The molecule has 10 heteroatoms. The highest BCUT2D eigenvalue weighted by Gasteiger charge is 2.42. The van der Waals surface area contributed by atoms with Crippen LogP contribution < -0.4 is 24.6 Å². The molecule has 0 radical (unpaired) electrons. The maximum Gasteiger partial charge on any atom is 0.269 e. The van der Waals surface area contributed by atoms with E-state index in [2.05, 4.69) is 15.1 Å². The van der Waals surface area contributed by atoms with Crippen molar-refractivity contribution in [3.05, 3.63) is 86.9 Å². The van der Waals surface area contributed by atoms with E-state index in [1.54, 1.807) is 26.4 Å². The van der Waals surface area contributed by atoms with Gasteiger partial charge in [0.05, 0.1) is 36.8 Å². The fourth-order valence-corrected chi connectivity index (χ4v) is 5.77. The summed E-state index contributed by atoms with van der Waals surface area (Å²) in [5.74, 6) is 1.06. The number of rotatable bonds is 8. The number of anilines is 2. The topological polar surface area (TPSA) is 97.2 Å². The van der Waals surface area contributed by atoms with Crippen molar-refractivity contribution < 1.29 is 19.2 Å². The zero-order valence-electron chi connectivity index (χ0n) is 21.9. The van der Waals surface area contributed by atoms with E-state index in [0.29, 0.717) is 44.0 Å². The van der Waals surface area contributed by atoms with Gasteiger partial charge in [0, 0.05) is 49.0 Å². The van der Waals surface area contributed by atoms with E-state index in [9.17, 15) is 14.9 Å². The Hall–Kier alpha value is -3.98. The second-order valence-corrected chi connectivity index (χ2v) is 10.2. The number of fused-ring (bicyclic) bond motifs is 3. The fourth-order valence-electron chi connectivity index (χ4n) is 5.61. The fraction of sp³-hybridized carbons (Fsp3) is 0.345. The highest BCUT2D eigenvalue weighted by Crippen LogP contribution is 2.40. The average Bonchev–Trinajstić information content (AvgIpc) is 2.96. The molecule has 1 amide bonds. The van der Waals surface area contributed by atoms with Crippen molar-refractivity contribution in [3.63, 3.8) is 0 Å². The van der Waals surface area contributed by atoms with Crippen LogP contribution in [0, 0.1) is 16.0 Å². The maximum absolute atomic E-state index is 13.6. The molecule has 2 unspecified atom stereocenters. The Labute approximate surface area is 232 Å². The highest BCUT2D eigenvalue weighted by molar-refractivity contribution is 6.31. The number of nitro groups is 1. The second-order valence-electron chi connectivity index (χ2n) is 9.79. The predicted molar refractivity (Wildman–Crippen MR) is 151 cm³/mol. The SMILES string of the molecule is COc1ccc(CCNC(=O)C2Cc3cc([N+](=O)[O-])ccc3N3CCN(c4cc(Cl)ccc4OC)CC23)cc1. The summed E-state index contributed by atoms with van der Waals surface area (Å²) in [6.45, 7) is 2.42. The molecule has 3 aromatic carbocycles. The molecule has 1 saturated heterocycles. The summed E-state index contributed by atoms with van der Waals surface area (Å²) in [4.78, 5) is 29.1. The van der Waals surface area contributed by atoms with E-state index in [1.165, 1.54) is 6.07 Å². The Bertz CT molecular complexity index is 1370. The number of hydrogen-bond donors (Lipinski definition) is 1. The van der Waals surface area contributed by atoms with Crippen LogP contribution in [0.4, 0.5) is 17.1 Å². The molecule has 5 rings (SSSR count). The van der Waals surface area contributed by atoms with Gasteiger partial charge in [0.2, 0.25) is 5.91 Å². The van der Waals surface area contributed by atoms with Crippen LogP contribution in [0.25, 0.3) is 0 Å². The lowest BCUT2D eigenvalue weighted by Gasteiger charge is -2.49. The molecular weight excluding hydrogens is 520 g/mol. The van der Waals surface area contributed by atoms with Crippen molar-refractivity contribution in [2.24, 2.45) is 5.92 Å². The third-order valence-electron chi connectivity index (χ3n) is 7.60. The van der Waals surface area contributed by atoms with Crippen LogP contribution in [0.15, 0.2) is 60.7 Å². The van der Waals surface area contributed by atoms with Crippen LogP contribution in [-0.2, 0) is 17.6 Å². The van der Waals surface area contributed by atoms with Crippen molar-refractivity contribution >= 4 is 34.6 Å². The molecular formula is C29H31ClN4O5. The molecule has 1 fully saturated rings. The monoisotopic (exact) mass is 550 g/mol. The largest absolute Gasteiger partial charge is 0.497 e. The number of halogens is 1. The number of nitrogens with zero attached hydrogens (tertiary/aromatic N) is 3. The van der Waals surface area contributed by atoms with E-state index in [4.69, 9.17) is 21.1 Å². The quantitative estimate of drug-likeness (QED) is 0.326. The van der Waals surface area contributed by atoms with Crippen molar-refractivity contribution in [2.45, 2.75) is 18.9 Å². The van der Waals surface area contributed by atoms with E-state index < -0.39 is 0 Å². The lowest BCUT2D eigenvalue weighted by molar-refractivity contribution is -0.384. The van der Waals surface area contributed by atoms with Crippen LogP contribution in [0.2, 0.25) is 5.02 Å². The van der Waals surface area contributed by atoms with E-state index in [-0.39, 0.29) is 28.5 Å².